The van der Waals surface area contributed by atoms with Crippen LogP contribution in [-0.4, -0.2) is 68.4 Å². The van der Waals surface area contributed by atoms with Crippen molar-refractivity contribution in [3.05, 3.63) is 6.33 Å². The van der Waals surface area contributed by atoms with E-state index < -0.39 is 24.5 Å². The number of nitrogen functional groups attached to an aromatic ring is 1. The van der Waals surface area contributed by atoms with E-state index in [0.717, 1.165) is 12.8 Å². The molecule has 0 unspecified atom stereocenters. The Morgan fingerprint density at radius 1 is 1.33 bits per heavy atom. The van der Waals surface area contributed by atoms with Crippen LogP contribution in [0.4, 0.5) is 5.82 Å². The van der Waals surface area contributed by atoms with Gasteiger partial charge in [-0.15, -0.1) is 0 Å². The maximum absolute atomic E-state index is 10.3. The number of nitrogens with two attached hydrogens (primary N) is 1. The summed E-state index contributed by atoms with van der Waals surface area (Å²) in [5, 5.41) is 19.7. The lowest BCUT2D eigenvalue weighted by Gasteiger charge is -2.20. The number of methoxy groups -OCH3 is 1. The van der Waals surface area contributed by atoms with Gasteiger partial charge in [-0.05, 0) is 18.8 Å². The van der Waals surface area contributed by atoms with Gasteiger partial charge < -0.3 is 30.2 Å². The maximum Gasteiger partial charge on any atom is 0.320 e. The number of hydrogen-bond donors (Lipinski definition) is 3. The van der Waals surface area contributed by atoms with Crippen LogP contribution in [0.2, 0.25) is 0 Å². The molecule has 1 aliphatic heterocycles. The fourth-order valence-electron chi connectivity index (χ4n) is 3.89. The van der Waals surface area contributed by atoms with Crippen molar-refractivity contribution in [2.24, 2.45) is 5.92 Å². The van der Waals surface area contributed by atoms with Crippen LogP contribution in [0.25, 0.3) is 11.2 Å². The molecule has 4 atom stereocenters. The van der Waals surface area contributed by atoms with Gasteiger partial charge in [-0.3, -0.25) is 4.57 Å². The van der Waals surface area contributed by atoms with Crippen LogP contribution in [0, 0.1) is 5.92 Å². The van der Waals surface area contributed by atoms with E-state index >= 15 is 0 Å². The predicted molar refractivity (Wildman–Crippen MR) is 95.0 cm³/mol. The average Bonchev–Trinajstić information content (AvgIpc) is 3.38. The normalized spacial score (nSPS) is 29.0. The van der Waals surface area contributed by atoms with Gasteiger partial charge in [-0.1, -0.05) is 12.8 Å². The Kier molecular flexibility index (Phi) is 5.13. The molecule has 3 heterocycles. The SMILES string of the molecule is CO[C@@H]1[C@H](O)[C@@H](CO)O[C@@H]1n1cnc2c(N)nc(OCC3CCCC3)nc21. The Hall–Kier alpha value is -2.01. The van der Waals surface area contributed by atoms with Crippen LogP contribution in [0.1, 0.15) is 31.9 Å². The summed E-state index contributed by atoms with van der Waals surface area (Å²) in [5.41, 5.74) is 6.88. The summed E-state index contributed by atoms with van der Waals surface area (Å²) in [6.07, 6.45) is 3.17. The van der Waals surface area contributed by atoms with E-state index in [4.69, 9.17) is 19.9 Å². The van der Waals surface area contributed by atoms with Gasteiger partial charge in [0.15, 0.2) is 23.2 Å². The second-order valence-corrected chi connectivity index (χ2v) is 7.12. The topological polar surface area (TPSA) is 138 Å². The quantitative estimate of drug-likeness (QED) is 0.644. The van der Waals surface area contributed by atoms with E-state index in [0.29, 0.717) is 23.7 Å². The smallest absolute Gasteiger partial charge is 0.320 e. The lowest BCUT2D eigenvalue weighted by molar-refractivity contribution is -0.0583. The number of aromatic nitrogens is 4. The largest absolute Gasteiger partial charge is 0.463 e. The van der Waals surface area contributed by atoms with Gasteiger partial charge in [0.2, 0.25) is 0 Å². The maximum atomic E-state index is 10.3. The van der Waals surface area contributed by atoms with Crippen molar-refractivity contribution in [3.8, 4) is 6.01 Å². The van der Waals surface area contributed by atoms with Crippen LogP contribution < -0.4 is 10.5 Å². The van der Waals surface area contributed by atoms with Gasteiger partial charge in [-0.25, -0.2) is 4.98 Å². The van der Waals surface area contributed by atoms with Crippen molar-refractivity contribution < 1.29 is 24.4 Å². The predicted octanol–water partition coefficient (Wildman–Crippen LogP) is 0.243. The lowest BCUT2D eigenvalue weighted by atomic mass is 10.1. The van der Waals surface area contributed by atoms with E-state index in [1.54, 1.807) is 4.57 Å². The highest BCUT2D eigenvalue weighted by atomic mass is 16.6. The second-order valence-electron chi connectivity index (χ2n) is 7.12. The third kappa shape index (κ3) is 3.33. The Morgan fingerprint density at radius 2 is 2.11 bits per heavy atom. The third-order valence-electron chi connectivity index (χ3n) is 5.39. The number of hydrogen-bond acceptors (Lipinski definition) is 9. The van der Waals surface area contributed by atoms with E-state index in [1.165, 1.54) is 26.3 Å². The molecule has 148 valence electrons. The monoisotopic (exact) mass is 379 g/mol. The first-order valence-electron chi connectivity index (χ1n) is 9.22. The van der Waals surface area contributed by atoms with Gasteiger partial charge in [0, 0.05) is 7.11 Å². The Bertz CT molecular complexity index is 793. The Balaban J connectivity index is 1.63. The summed E-state index contributed by atoms with van der Waals surface area (Å²) < 4.78 is 18.5. The number of aliphatic hydroxyl groups is 2. The van der Waals surface area contributed by atoms with E-state index in [9.17, 15) is 10.2 Å². The van der Waals surface area contributed by atoms with E-state index in [2.05, 4.69) is 15.0 Å². The minimum absolute atomic E-state index is 0.194. The summed E-state index contributed by atoms with van der Waals surface area (Å²) in [4.78, 5) is 12.9. The van der Waals surface area contributed by atoms with Gasteiger partial charge in [-0.2, -0.15) is 9.97 Å². The van der Waals surface area contributed by atoms with Crippen molar-refractivity contribution >= 4 is 17.0 Å². The molecule has 2 fully saturated rings. The molecule has 0 amide bonds. The average molecular weight is 379 g/mol. The molecule has 2 aromatic rings. The zero-order valence-electron chi connectivity index (χ0n) is 15.2. The summed E-state index contributed by atoms with van der Waals surface area (Å²) >= 11 is 0. The van der Waals surface area contributed by atoms with Gasteiger partial charge in [0.1, 0.15) is 18.3 Å². The number of rotatable bonds is 6. The molecule has 1 aliphatic carbocycles. The van der Waals surface area contributed by atoms with Gasteiger partial charge in [0.05, 0.1) is 19.5 Å². The number of anilines is 1. The molecule has 1 saturated carbocycles. The zero-order valence-corrected chi connectivity index (χ0v) is 15.2. The van der Waals surface area contributed by atoms with Crippen molar-refractivity contribution in [1.82, 2.24) is 19.5 Å². The molecule has 0 bridgehead atoms. The van der Waals surface area contributed by atoms with Gasteiger partial charge >= 0.3 is 6.01 Å². The Morgan fingerprint density at radius 3 is 2.81 bits per heavy atom. The van der Waals surface area contributed by atoms with Crippen LogP contribution in [-0.2, 0) is 9.47 Å². The molecule has 4 N–H and O–H groups in total. The van der Waals surface area contributed by atoms with E-state index in [-0.39, 0.29) is 18.4 Å². The molecule has 2 aliphatic rings. The summed E-state index contributed by atoms with van der Waals surface area (Å²) in [6, 6.07) is 0.194. The molecular weight excluding hydrogens is 354 g/mol. The van der Waals surface area contributed by atoms with Gasteiger partial charge in [0.25, 0.3) is 0 Å². The minimum Gasteiger partial charge on any atom is -0.463 e. The van der Waals surface area contributed by atoms with E-state index in [1.807, 2.05) is 0 Å². The molecule has 27 heavy (non-hydrogen) atoms. The highest BCUT2D eigenvalue weighted by Gasteiger charge is 2.45. The number of aliphatic hydroxyl groups excluding tert-OH is 2. The number of fused-ring (bicyclic) bond motifs is 1. The van der Waals surface area contributed by atoms with Crippen LogP contribution in [0.5, 0.6) is 6.01 Å². The third-order valence-corrected chi connectivity index (χ3v) is 5.39. The molecule has 0 radical (unpaired) electrons. The fourth-order valence-corrected chi connectivity index (χ4v) is 3.89. The molecule has 4 rings (SSSR count). The second kappa shape index (κ2) is 7.55. The first-order chi connectivity index (χ1) is 13.1. The highest BCUT2D eigenvalue weighted by molar-refractivity contribution is 5.82. The fraction of sp³-hybridized carbons (Fsp3) is 0.706. The number of imidazole rings is 1. The van der Waals surface area contributed by atoms with Crippen LogP contribution in [0.15, 0.2) is 6.33 Å². The molecule has 10 nitrogen and oxygen atoms in total. The Labute approximate surface area is 156 Å². The molecule has 0 spiro atoms. The number of nitrogens with zero attached hydrogens (tertiary/aromatic N) is 4. The van der Waals surface area contributed by atoms with Crippen molar-refractivity contribution in [1.29, 1.82) is 0 Å². The first kappa shape index (κ1) is 18.4. The highest BCUT2D eigenvalue weighted by Crippen LogP contribution is 2.34. The standard InChI is InChI=1S/C17H25N5O5/c1-25-13-12(24)10(6-23)27-16(13)22-8-19-11-14(18)20-17(21-15(11)22)26-7-9-4-2-3-5-9/h8-10,12-13,16,23-24H,2-7H2,1H3,(H2,18,20,21)/t10-,12-,13-,16+/m1/s1. The molecule has 10 heteroatoms. The van der Waals surface area contributed by atoms with Crippen molar-refractivity contribution in [2.45, 2.75) is 50.2 Å². The first-order valence-corrected chi connectivity index (χ1v) is 9.22. The molecule has 1 saturated heterocycles. The van der Waals surface area contributed by atoms with Crippen LogP contribution >= 0.6 is 0 Å². The molecular formula is C17H25N5O5. The van der Waals surface area contributed by atoms with Crippen LogP contribution in [0.3, 0.4) is 0 Å². The zero-order chi connectivity index (χ0) is 19.0. The summed E-state index contributed by atoms with van der Waals surface area (Å²) in [7, 11) is 1.47. The van der Waals surface area contributed by atoms with Crippen molar-refractivity contribution in [3.63, 3.8) is 0 Å². The summed E-state index contributed by atoms with van der Waals surface area (Å²) in [6.45, 7) is 0.238. The minimum atomic E-state index is -0.972. The molecule has 2 aromatic heterocycles. The summed E-state index contributed by atoms with van der Waals surface area (Å²) in [5.74, 6) is 0.735. The lowest BCUT2D eigenvalue weighted by Crippen LogP contribution is -2.34. The number of ether oxygens (including phenoxy) is 3. The molecule has 0 aromatic carbocycles. The van der Waals surface area contributed by atoms with Crippen molar-refractivity contribution in [2.75, 3.05) is 26.1 Å².